The Morgan fingerprint density at radius 3 is 2.33 bits per heavy atom. The minimum atomic E-state index is 0. The summed E-state index contributed by atoms with van der Waals surface area (Å²) in [6, 6.07) is 0. The van der Waals surface area contributed by atoms with E-state index in [2.05, 4.69) is 11.6 Å². The van der Waals surface area contributed by atoms with E-state index < -0.39 is 0 Å². The molecule has 0 atom stereocenters. The summed E-state index contributed by atoms with van der Waals surface area (Å²) >= 11 is 0. The summed E-state index contributed by atoms with van der Waals surface area (Å²) in [6.07, 6.45) is 2.41. The molecule has 0 heterocycles. The first-order chi connectivity index (χ1) is 2.41. The van der Waals surface area contributed by atoms with Gasteiger partial charge < -0.3 is 0 Å². The molecule has 34 valence electrons. The highest BCUT2D eigenvalue weighted by Gasteiger charge is 1.40. The van der Waals surface area contributed by atoms with Gasteiger partial charge in [-0.15, -0.1) is 0 Å². The van der Waals surface area contributed by atoms with Crippen LogP contribution in [0.4, 0.5) is 0 Å². The molecule has 0 aliphatic rings. The van der Waals surface area contributed by atoms with Crippen LogP contribution in [0, 0.1) is 0 Å². The average Bonchev–Trinajstić information content (AvgIpc) is 1.41. The molecule has 0 bridgehead atoms. The maximum atomic E-state index is 9.04. The van der Waals surface area contributed by atoms with E-state index in [0.717, 1.165) is 6.20 Å². The fourth-order valence-electron chi connectivity index (χ4n) is 0.0373. The normalized spacial score (nSPS) is 4.00. The van der Waals surface area contributed by atoms with Crippen molar-refractivity contribution in [3.05, 3.63) is 12.8 Å². The van der Waals surface area contributed by atoms with E-state index in [1.54, 1.807) is 0 Å². The zero-order valence-electron chi connectivity index (χ0n) is 2.64. The van der Waals surface area contributed by atoms with Crippen LogP contribution in [-0.4, -0.2) is 6.08 Å². The van der Waals surface area contributed by atoms with Crippen molar-refractivity contribution < 1.29 is 4.79 Å². The Hall–Kier alpha value is -0.880. The molecule has 0 N–H and O–H groups in total. The Kier molecular flexibility index (Phi) is 13.3. The second-order valence-corrected chi connectivity index (χ2v) is 0.403. The van der Waals surface area contributed by atoms with Gasteiger partial charge in [-0.25, -0.2) is 4.79 Å². The van der Waals surface area contributed by atoms with Gasteiger partial charge in [-0.2, -0.15) is 4.99 Å². The fraction of sp³-hybridized carbons (Fsp3) is 0.250. The molecule has 0 aromatic carbocycles. The SMILES string of the molecule is C.C=CN=C=O. The molecule has 0 rings (SSSR count). The Morgan fingerprint density at radius 2 is 2.33 bits per heavy atom. The number of aliphatic imine (C=N–C) groups is 1. The van der Waals surface area contributed by atoms with E-state index in [1.807, 2.05) is 0 Å². The molecule has 0 aromatic heterocycles. The van der Waals surface area contributed by atoms with Crippen molar-refractivity contribution in [2.45, 2.75) is 7.43 Å². The van der Waals surface area contributed by atoms with Crippen LogP contribution >= 0.6 is 0 Å². The third-order valence-electron chi connectivity index (χ3n) is 0.144. The van der Waals surface area contributed by atoms with Crippen molar-refractivity contribution in [1.29, 1.82) is 0 Å². The lowest BCUT2D eigenvalue weighted by Crippen LogP contribution is -1.37. The molecule has 0 unspecified atom stereocenters. The van der Waals surface area contributed by atoms with Crippen LogP contribution < -0.4 is 0 Å². The number of hydrogen-bond acceptors (Lipinski definition) is 2. The van der Waals surface area contributed by atoms with Gasteiger partial charge in [0.05, 0.1) is 0 Å². The van der Waals surface area contributed by atoms with Gasteiger partial charge in [-0.1, -0.05) is 14.0 Å². The molecular weight excluding hydrogens is 78.0 g/mol. The van der Waals surface area contributed by atoms with Gasteiger partial charge in [-0.05, 0) is 0 Å². The number of hydrogen-bond donors (Lipinski definition) is 0. The van der Waals surface area contributed by atoms with E-state index in [1.165, 1.54) is 6.08 Å². The maximum absolute atomic E-state index is 9.04. The van der Waals surface area contributed by atoms with Gasteiger partial charge in [0.1, 0.15) is 0 Å². The van der Waals surface area contributed by atoms with Crippen LogP contribution in [0.1, 0.15) is 7.43 Å². The summed E-state index contributed by atoms with van der Waals surface area (Å²) in [5.41, 5.74) is 0. The first-order valence-electron chi connectivity index (χ1n) is 1.09. The largest absolute Gasteiger partial charge is 0.239 e. The van der Waals surface area contributed by atoms with Crippen LogP contribution in [0.3, 0.4) is 0 Å². The Morgan fingerprint density at radius 1 is 1.83 bits per heavy atom. The first kappa shape index (κ1) is 8.93. The van der Waals surface area contributed by atoms with Gasteiger partial charge in [-0.3, -0.25) is 0 Å². The van der Waals surface area contributed by atoms with Crippen molar-refractivity contribution in [3.8, 4) is 0 Å². The Labute approximate surface area is 37.2 Å². The lowest BCUT2D eigenvalue weighted by atomic mass is 11.1. The summed E-state index contributed by atoms with van der Waals surface area (Å²) < 4.78 is 0. The van der Waals surface area contributed by atoms with E-state index in [4.69, 9.17) is 4.79 Å². The van der Waals surface area contributed by atoms with Gasteiger partial charge in [0.25, 0.3) is 0 Å². The molecule has 0 saturated heterocycles. The van der Waals surface area contributed by atoms with Crippen LogP contribution in [-0.2, 0) is 4.79 Å². The highest BCUT2D eigenvalue weighted by molar-refractivity contribution is 5.34. The van der Waals surface area contributed by atoms with Crippen molar-refractivity contribution in [1.82, 2.24) is 0 Å². The van der Waals surface area contributed by atoms with Gasteiger partial charge in [0, 0.05) is 6.20 Å². The Balaban J connectivity index is 0. The minimum Gasteiger partial charge on any atom is -0.211 e. The lowest BCUT2D eigenvalue weighted by Gasteiger charge is -1.45. The number of isocyanates is 1. The lowest BCUT2D eigenvalue weighted by molar-refractivity contribution is 0.565. The standard InChI is InChI=1S/C3H3NO.CH4/c1-2-4-3-5;/h2H,1H2;1H4. The van der Waals surface area contributed by atoms with Crippen molar-refractivity contribution in [3.63, 3.8) is 0 Å². The zero-order chi connectivity index (χ0) is 4.12. The monoisotopic (exact) mass is 85.1 g/mol. The predicted molar refractivity (Wildman–Crippen MR) is 25.0 cm³/mol. The second-order valence-electron chi connectivity index (χ2n) is 0.403. The molecule has 0 spiro atoms. The van der Waals surface area contributed by atoms with E-state index >= 15 is 0 Å². The summed E-state index contributed by atoms with van der Waals surface area (Å²) in [5.74, 6) is 0. The van der Waals surface area contributed by atoms with E-state index in [-0.39, 0.29) is 7.43 Å². The highest BCUT2D eigenvalue weighted by atomic mass is 16.1. The number of nitrogens with zero attached hydrogens (tertiary/aromatic N) is 1. The summed E-state index contributed by atoms with van der Waals surface area (Å²) in [6.45, 7) is 3.12. The van der Waals surface area contributed by atoms with E-state index in [9.17, 15) is 0 Å². The van der Waals surface area contributed by atoms with Crippen LogP contribution in [0.2, 0.25) is 0 Å². The molecular formula is C4H7NO. The average molecular weight is 85.1 g/mol. The fourth-order valence-corrected chi connectivity index (χ4v) is 0.0373. The van der Waals surface area contributed by atoms with Crippen LogP contribution in [0.5, 0.6) is 0 Å². The smallest absolute Gasteiger partial charge is 0.211 e. The highest BCUT2D eigenvalue weighted by Crippen LogP contribution is 1.52. The third kappa shape index (κ3) is 11.2. The molecule has 0 aliphatic carbocycles. The topological polar surface area (TPSA) is 29.4 Å². The maximum Gasteiger partial charge on any atom is 0.239 e. The van der Waals surface area contributed by atoms with Crippen LogP contribution in [0.15, 0.2) is 17.8 Å². The molecule has 2 heteroatoms. The molecule has 0 saturated carbocycles. The second kappa shape index (κ2) is 8.92. The number of rotatable bonds is 1. The molecule has 6 heavy (non-hydrogen) atoms. The summed E-state index contributed by atoms with van der Waals surface area (Å²) in [4.78, 5) is 12.0. The van der Waals surface area contributed by atoms with Crippen molar-refractivity contribution in [2.75, 3.05) is 0 Å². The quantitative estimate of drug-likeness (QED) is 0.346. The molecule has 0 amide bonds. The first-order valence-corrected chi connectivity index (χ1v) is 1.09. The van der Waals surface area contributed by atoms with Gasteiger partial charge in [0.2, 0.25) is 6.08 Å². The van der Waals surface area contributed by atoms with Gasteiger partial charge >= 0.3 is 0 Å². The summed E-state index contributed by atoms with van der Waals surface area (Å²) in [7, 11) is 0. The molecule has 0 aromatic rings. The zero-order valence-corrected chi connectivity index (χ0v) is 2.64. The summed E-state index contributed by atoms with van der Waals surface area (Å²) in [5, 5.41) is 0. The third-order valence-corrected chi connectivity index (χ3v) is 0.144. The van der Waals surface area contributed by atoms with Crippen molar-refractivity contribution >= 4 is 6.08 Å². The molecule has 0 radical (unpaired) electrons. The van der Waals surface area contributed by atoms with Crippen molar-refractivity contribution in [2.24, 2.45) is 4.99 Å². The van der Waals surface area contributed by atoms with Gasteiger partial charge in [0.15, 0.2) is 0 Å². The Bertz CT molecular complexity index is 71.6. The molecule has 0 fully saturated rings. The van der Waals surface area contributed by atoms with E-state index in [0.29, 0.717) is 0 Å². The number of carbonyl (C=O) groups excluding carboxylic acids is 1. The predicted octanol–water partition coefficient (Wildman–Crippen LogP) is 1.10. The molecule has 2 nitrogen and oxygen atoms in total. The molecule has 0 aliphatic heterocycles. The minimum absolute atomic E-state index is 0. The van der Waals surface area contributed by atoms with Crippen LogP contribution in [0.25, 0.3) is 0 Å².